The third-order valence-electron chi connectivity index (χ3n) is 4.82. The van der Waals surface area contributed by atoms with Crippen molar-refractivity contribution in [1.29, 1.82) is 0 Å². The molecule has 4 nitrogen and oxygen atoms in total. The van der Waals surface area contributed by atoms with Gasteiger partial charge in [-0.3, -0.25) is 0 Å². The Kier molecular flexibility index (Phi) is 5.84. The van der Waals surface area contributed by atoms with Crippen LogP contribution >= 0.6 is 11.6 Å². The molecule has 0 aliphatic rings. The van der Waals surface area contributed by atoms with Gasteiger partial charge in [0.15, 0.2) is 11.5 Å². The first-order chi connectivity index (χ1) is 15.3. The van der Waals surface area contributed by atoms with E-state index in [4.69, 9.17) is 25.5 Å². The summed E-state index contributed by atoms with van der Waals surface area (Å²) in [6.07, 6.45) is -4.54. The van der Waals surface area contributed by atoms with E-state index >= 15 is 0 Å². The number of alkyl halides is 3. The van der Waals surface area contributed by atoms with Crippen molar-refractivity contribution in [3.05, 3.63) is 82.7 Å². The van der Waals surface area contributed by atoms with E-state index in [0.29, 0.717) is 38.8 Å². The maximum Gasteiger partial charge on any atom is 0.418 e. The number of ether oxygens (including phenoxy) is 2. The summed E-state index contributed by atoms with van der Waals surface area (Å²) in [4.78, 5) is 4.34. The molecule has 0 unspecified atom stereocenters. The number of fused-ring (bicyclic) bond motifs is 1. The van der Waals surface area contributed by atoms with Crippen molar-refractivity contribution in [1.82, 2.24) is 0 Å². The Morgan fingerprint density at radius 3 is 2.34 bits per heavy atom. The Bertz CT molecular complexity index is 1360. The van der Waals surface area contributed by atoms with Crippen LogP contribution in [0.25, 0.3) is 22.3 Å². The SMILES string of the molecule is COc1ccc(-c2cc(=Nc3ccccc3C(F)(F)F)c3cc(Cl)ccc3o2)cc1OC. The molecule has 0 atom stereocenters. The zero-order chi connectivity index (χ0) is 22.9. The van der Waals surface area contributed by atoms with Crippen molar-refractivity contribution in [3.63, 3.8) is 0 Å². The third-order valence-corrected chi connectivity index (χ3v) is 5.06. The highest BCUT2D eigenvalue weighted by Crippen LogP contribution is 2.36. The molecule has 0 aliphatic carbocycles. The molecule has 32 heavy (non-hydrogen) atoms. The van der Waals surface area contributed by atoms with E-state index in [9.17, 15) is 13.2 Å². The fraction of sp³-hybridized carbons (Fsp3) is 0.125. The number of nitrogens with zero attached hydrogens (tertiary/aromatic N) is 1. The molecule has 8 heteroatoms. The minimum Gasteiger partial charge on any atom is -0.493 e. The Balaban J connectivity index is 2.00. The summed E-state index contributed by atoms with van der Waals surface area (Å²) in [6, 6.07) is 16.8. The molecule has 0 N–H and O–H groups in total. The normalized spacial score (nSPS) is 12.2. The zero-order valence-corrected chi connectivity index (χ0v) is 17.8. The number of para-hydroxylation sites is 1. The summed E-state index contributed by atoms with van der Waals surface area (Å²) in [5, 5.41) is 1.18. The number of benzene rings is 3. The Hall–Kier alpha value is -3.45. The van der Waals surface area contributed by atoms with Gasteiger partial charge in [-0.1, -0.05) is 23.7 Å². The van der Waals surface area contributed by atoms with E-state index in [2.05, 4.69) is 4.99 Å². The first kappa shape index (κ1) is 21.8. The second-order valence-corrected chi connectivity index (χ2v) is 7.27. The molecule has 0 saturated carbocycles. The quantitative estimate of drug-likeness (QED) is 0.329. The lowest BCUT2D eigenvalue weighted by atomic mass is 10.1. The number of hydrogen-bond acceptors (Lipinski definition) is 4. The predicted octanol–water partition coefficient (Wildman–Crippen LogP) is 7.02. The van der Waals surface area contributed by atoms with Crippen molar-refractivity contribution in [3.8, 4) is 22.8 Å². The van der Waals surface area contributed by atoms with Gasteiger partial charge in [0.2, 0.25) is 0 Å². The summed E-state index contributed by atoms with van der Waals surface area (Å²) in [5.41, 5.74) is 0.0272. The summed E-state index contributed by atoms with van der Waals surface area (Å²) in [6.45, 7) is 0. The van der Waals surface area contributed by atoms with E-state index in [1.807, 2.05) is 0 Å². The number of halogens is 4. The molecule has 4 aromatic rings. The topological polar surface area (TPSA) is 44.0 Å². The summed E-state index contributed by atoms with van der Waals surface area (Å²) >= 11 is 6.13. The van der Waals surface area contributed by atoms with Crippen LogP contribution in [-0.4, -0.2) is 14.2 Å². The molecule has 0 aliphatic heterocycles. The largest absolute Gasteiger partial charge is 0.493 e. The minimum atomic E-state index is -4.54. The van der Waals surface area contributed by atoms with Crippen molar-refractivity contribution in [2.75, 3.05) is 14.2 Å². The van der Waals surface area contributed by atoms with Gasteiger partial charge in [0.1, 0.15) is 11.3 Å². The second kappa shape index (κ2) is 8.59. The fourth-order valence-corrected chi connectivity index (χ4v) is 3.48. The molecule has 0 saturated heterocycles. The average molecular weight is 460 g/mol. The second-order valence-electron chi connectivity index (χ2n) is 6.83. The van der Waals surface area contributed by atoms with Crippen LogP contribution in [0.15, 0.2) is 76.1 Å². The van der Waals surface area contributed by atoms with Crippen molar-refractivity contribution >= 4 is 28.3 Å². The Morgan fingerprint density at radius 2 is 1.62 bits per heavy atom. The monoisotopic (exact) mass is 459 g/mol. The Labute approximate surface area is 186 Å². The van der Waals surface area contributed by atoms with Crippen LogP contribution in [0.1, 0.15) is 5.56 Å². The first-order valence-corrected chi connectivity index (χ1v) is 9.84. The van der Waals surface area contributed by atoms with Crippen LogP contribution in [0.3, 0.4) is 0 Å². The van der Waals surface area contributed by atoms with E-state index in [-0.39, 0.29) is 11.0 Å². The molecule has 3 aromatic carbocycles. The van der Waals surface area contributed by atoms with E-state index in [0.717, 1.165) is 6.07 Å². The van der Waals surface area contributed by atoms with Gasteiger partial charge in [-0.15, -0.1) is 0 Å². The molecule has 164 valence electrons. The van der Waals surface area contributed by atoms with Gasteiger partial charge in [-0.25, -0.2) is 4.99 Å². The van der Waals surface area contributed by atoms with Gasteiger partial charge in [0.25, 0.3) is 0 Å². The van der Waals surface area contributed by atoms with Crippen molar-refractivity contribution in [2.24, 2.45) is 4.99 Å². The maximum atomic E-state index is 13.5. The van der Waals surface area contributed by atoms with E-state index < -0.39 is 11.7 Å². The molecule has 1 heterocycles. The smallest absolute Gasteiger partial charge is 0.418 e. The van der Waals surface area contributed by atoms with Crippen LogP contribution in [0, 0.1) is 0 Å². The zero-order valence-electron chi connectivity index (χ0n) is 17.0. The van der Waals surface area contributed by atoms with Crippen LogP contribution in [0.4, 0.5) is 18.9 Å². The van der Waals surface area contributed by atoms with Crippen LogP contribution in [0.2, 0.25) is 5.02 Å². The Morgan fingerprint density at radius 1 is 0.875 bits per heavy atom. The molecular weight excluding hydrogens is 443 g/mol. The molecule has 0 spiro atoms. The molecule has 1 aromatic heterocycles. The lowest BCUT2D eigenvalue weighted by Crippen LogP contribution is -2.08. The van der Waals surface area contributed by atoms with Gasteiger partial charge >= 0.3 is 6.18 Å². The molecule has 0 bridgehead atoms. The average Bonchev–Trinajstić information content (AvgIpc) is 2.78. The number of methoxy groups -OCH3 is 2. The summed E-state index contributed by atoms with van der Waals surface area (Å²) < 4.78 is 57.1. The van der Waals surface area contributed by atoms with E-state index in [1.54, 1.807) is 42.5 Å². The van der Waals surface area contributed by atoms with Gasteiger partial charge in [-0.05, 0) is 48.5 Å². The third kappa shape index (κ3) is 4.29. The van der Waals surface area contributed by atoms with Gasteiger partial charge < -0.3 is 13.9 Å². The maximum absolute atomic E-state index is 13.5. The predicted molar refractivity (Wildman–Crippen MR) is 116 cm³/mol. The van der Waals surface area contributed by atoms with Crippen molar-refractivity contribution in [2.45, 2.75) is 6.18 Å². The van der Waals surface area contributed by atoms with Crippen molar-refractivity contribution < 1.29 is 27.1 Å². The summed E-state index contributed by atoms with van der Waals surface area (Å²) in [7, 11) is 3.03. The molecular formula is C24H17ClF3NO3. The molecule has 0 fully saturated rings. The van der Waals surface area contributed by atoms with Crippen LogP contribution < -0.4 is 14.8 Å². The van der Waals surface area contributed by atoms with Gasteiger partial charge in [-0.2, -0.15) is 13.2 Å². The minimum absolute atomic E-state index is 0.203. The highest BCUT2D eigenvalue weighted by atomic mass is 35.5. The lowest BCUT2D eigenvalue weighted by Gasteiger charge is -2.11. The summed E-state index contributed by atoms with van der Waals surface area (Å²) in [5.74, 6) is 1.41. The van der Waals surface area contributed by atoms with Gasteiger partial charge in [0.05, 0.1) is 30.8 Å². The highest BCUT2D eigenvalue weighted by molar-refractivity contribution is 6.31. The fourth-order valence-electron chi connectivity index (χ4n) is 3.31. The standard InChI is InChI=1S/C24H17ClF3NO3/c1-30-21-9-7-14(11-23(21)31-2)22-13-19(16-12-15(25)8-10-20(16)32-22)29-18-6-4-3-5-17(18)24(26,27)28/h3-13H,1-2H3. The number of rotatable bonds is 4. The van der Waals surface area contributed by atoms with Crippen LogP contribution in [0.5, 0.6) is 11.5 Å². The first-order valence-electron chi connectivity index (χ1n) is 9.47. The number of hydrogen-bond donors (Lipinski definition) is 0. The molecule has 4 rings (SSSR count). The van der Waals surface area contributed by atoms with Crippen LogP contribution in [-0.2, 0) is 6.18 Å². The van der Waals surface area contributed by atoms with Gasteiger partial charge in [0, 0.05) is 22.0 Å². The highest BCUT2D eigenvalue weighted by Gasteiger charge is 2.33. The van der Waals surface area contributed by atoms with E-state index in [1.165, 1.54) is 32.4 Å². The molecule has 0 amide bonds. The molecule has 0 radical (unpaired) electrons. The lowest BCUT2D eigenvalue weighted by molar-refractivity contribution is -0.137.